The monoisotopic (exact) mass is 293 g/mol. The maximum absolute atomic E-state index is 11.8. The zero-order chi connectivity index (χ0) is 15.9. The first-order valence-electron chi connectivity index (χ1n) is 7.47. The van der Waals surface area contributed by atoms with E-state index in [-0.39, 0.29) is 5.56 Å². The van der Waals surface area contributed by atoms with Crippen molar-refractivity contribution in [3.63, 3.8) is 0 Å². The number of benzene rings is 1. The molecule has 0 spiro atoms. The summed E-state index contributed by atoms with van der Waals surface area (Å²) in [7, 11) is 0. The van der Waals surface area contributed by atoms with E-state index in [1.54, 1.807) is 18.2 Å². The summed E-state index contributed by atoms with van der Waals surface area (Å²) in [6.07, 6.45) is 4.51. The molecule has 0 aliphatic carbocycles. The van der Waals surface area contributed by atoms with Crippen LogP contribution in [0.5, 0.6) is 0 Å². The normalized spacial score (nSPS) is 11.2. The average Bonchev–Trinajstić information content (AvgIpc) is 2.53. The molecule has 0 radical (unpaired) electrons. The molecule has 4 heteroatoms. The van der Waals surface area contributed by atoms with Crippen molar-refractivity contribution in [1.82, 2.24) is 9.97 Å². The number of nitriles is 1. The van der Waals surface area contributed by atoms with E-state index in [9.17, 15) is 4.79 Å². The maximum atomic E-state index is 11.8. The number of aromatic nitrogens is 2. The Kier molecular flexibility index (Phi) is 5.26. The number of hydrogen-bond donors (Lipinski definition) is 1. The van der Waals surface area contributed by atoms with Crippen molar-refractivity contribution in [1.29, 1.82) is 5.26 Å². The van der Waals surface area contributed by atoms with Crippen molar-refractivity contribution in [2.75, 3.05) is 0 Å². The molecule has 0 atom stereocenters. The van der Waals surface area contributed by atoms with E-state index in [4.69, 9.17) is 5.26 Å². The molecule has 4 nitrogen and oxygen atoms in total. The number of hydrogen-bond acceptors (Lipinski definition) is 3. The number of nitrogens with one attached hydrogen (secondary N) is 1. The Labute approximate surface area is 130 Å². The Morgan fingerprint density at radius 3 is 2.64 bits per heavy atom. The molecule has 0 aliphatic rings. The van der Waals surface area contributed by atoms with Crippen LogP contribution >= 0.6 is 0 Å². The van der Waals surface area contributed by atoms with E-state index in [0.717, 1.165) is 36.1 Å². The number of nitrogens with zero attached hydrogens (tertiary/aromatic N) is 2. The van der Waals surface area contributed by atoms with Gasteiger partial charge in [0.1, 0.15) is 5.82 Å². The predicted octanol–water partition coefficient (Wildman–Crippen LogP) is 3.54. The number of rotatable bonds is 5. The smallest absolute Gasteiger partial charge is 0.251 e. The lowest BCUT2D eigenvalue weighted by Gasteiger charge is -2.07. The van der Waals surface area contributed by atoms with Crippen LogP contribution in [0.3, 0.4) is 0 Å². The highest BCUT2D eigenvalue weighted by molar-refractivity contribution is 5.78. The van der Waals surface area contributed by atoms with E-state index in [2.05, 4.69) is 23.0 Å². The van der Waals surface area contributed by atoms with E-state index in [1.807, 2.05) is 25.1 Å². The summed E-state index contributed by atoms with van der Waals surface area (Å²) < 4.78 is 0. The van der Waals surface area contributed by atoms with Crippen molar-refractivity contribution in [2.45, 2.75) is 33.1 Å². The molecule has 0 unspecified atom stereocenters. The number of aryl methyl sites for hydroxylation is 1. The molecule has 2 aromatic rings. The molecule has 0 fully saturated rings. The Morgan fingerprint density at radius 2 is 2.05 bits per heavy atom. The fourth-order valence-electron chi connectivity index (χ4n) is 2.24. The van der Waals surface area contributed by atoms with Gasteiger partial charge in [0.05, 0.1) is 11.6 Å². The van der Waals surface area contributed by atoms with Crippen LogP contribution in [0, 0.1) is 11.3 Å². The fraction of sp³-hybridized carbons (Fsp3) is 0.278. The minimum atomic E-state index is -0.118. The number of aromatic amines is 1. The van der Waals surface area contributed by atoms with Crippen LogP contribution < -0.4 is 5.56 Å². The van der Waals surface area contributed by atoms with Crippen molar-refractivity contribution < 1.29 is 0 Å². The molecule has 1 N–H and O–H groups in total. The Bertz CT molecular complexity index is 764. The summed E-state index contributed by atoms with van der Waals surface area (Å²) in [5, 5.41) is 8.83. The second kappa shape index (κ2) is 7.37. The highest BCUT2D eigenvalue weighted by Gasteiger charge is 2.06. The lowest BCUT2D eigenvalue weighted by molar-refractivity contribution is 0.857. The molecule has 0 saturated carbocycles. The lowest BCUT2D eigenvalue weighted by Crippen LogP contribution is -2.12. The largest absolute Gasteiger partial charge is 0.307 e. The van der Waals surface area contributed by atoms with Crippen LogP contribution in [0.25, 0.3) is 11.6 Å². The molecule has 1 aromatic heterocycles. The molecule has 22 heavy (non-hydrogen) atoms. The summed E-state index contributed by atoms with van der Waals surface area (Å²) in [4.78, 5) is 19.1. The molecule has 112 valence electrons. The minimum absolute atomic E-state index is 0.118. The third-order valence-corrected chi connectivity index (χ3v) is 3.37. The average molecular weight is 293 g/mol. The summed E-state index contributed by atoms with van der Waals surface area (Å²) >= 11 is 0. The lowest BCUT2D eigenvalue weighted by atomic mass is 10.1. The van der Waals surface area contributed by atoms with Gasteiger partial charge in [0, 0.05) is 11.8 Å². The Morgan fingerprint density at radius 1 is 1.32 bits per heavy atom. The third-order valence-electron chi connectivity index (χ3n) is 3.37. The van der Waals surface area contributed by atoms with E-state index >= 15 is 0 Å². The molecular weight excluding hydrogens is 274 g/mol. The van der Waals surface area contributed by atoms with Gasteiger partial charge in [-0.05, 0) is 42.2 Å². The molecule has 0 saturated heterocycles. The van der Waals surface area contributed by atoms with E-state index in [1.165, 1.54) is 0 Å². The van der Waals surface area contributed by atoms with Crippen molar-refractivity contribution in [3.05, 3.63) is 63.3 Å². The maximum Gasteiger partial charge on any atom is 0.251 e. The Balaban J connectivity index is 2.40. The van der Waals surface area contributed by atoms with Gasteiger partial charge in [-0.3, -0.25) is 4.79 Å². The Hall–Kier alpha value is -2.67. The summed E-state index contributed by atoms with van der Waals surface area (Å²) in [6.45, 7) is 4.10. The first kappa shape index (κ1) is 15.7. The molecule has 0 aliphatic heterocycles. The summed E-state index contributed by atoms with van der Waals surface area (Å²) in [5.74, 6) is 0.628. The highest BCUT2D eigenvalue weighted by atomic mass is 16.1. The van der Waals surface area contributed by atoms with Crippen LogP contribution in [0.1, 0.15) is 49.3 Å². The fourth-order valence-corrected chi connectivity index (χ4v) is 2.24. The van der Waals surface area contributed by atoms with Gasteiger partial charge in [-0.25, -0.2) is 4.98 Å². The van der Waals surface area contributed by atoms with Gasteiger partial charge in [-0.1, -0.05) is 32.4 Å². The third kappa shape index (κ3) is 3.92. The molecule has 1 heterocycles. The number of H-pyrrole nitrogens is 1. The van der Waals surface area contributed by atoms with Gasteiger partial charge < -0.3 is 4.98 Å². The summed E-state index contributed by atoms with van der Waals surface area (Å²) in [5.41, 5.74) is 3.29. The first-order valence-corrected chi connectivity index (χ1v) is 7.47. The van der Waals surface area contributed by atoms with Crippen LogP contribution in [0.15, 0.2) is 35.1 Å². The van der Waals surface area contributed by atoms with Crippen molar-refractivity contribution >= 4 is 11.6 Å². The van der Waals surface area contributed by atoms with Crippen LogP contribution in [0.2, 0.25) is 0 Å². The SMILES string of the molecule is CCCc1cc(=O)[nH]c(/C(=C/c2ccc(C#N)cc2)CC)n1. The molecule has 2 rings (SSSR count). The van der Waals surface area contributed by atoms with Gasteiger partial charge in [-0.15, -0.1) is 0 Å². The molecule has 1 aromatic carbocycles. The molecule has 0 bridgehead atoms. The minimum Gasteiger partial charge on any atom is -0.307 e. The first-order chi connectivity index (χ1) is 10.7. The van der Waals surface area contributed by atoms with Crippen molar-refractivity contribution in [3.8, 4) is 6.07 Å². The topological polar surface area (TPSA) is 69.5 Å². The molecule has 0 amide bonds. The van der Waals surface area contributed by atoms with Gasteiger partial charge in [0.2, 0.25) is 0 Å². The predicted molar refractivity (Wildman–Crippen MR) is 88.2 cm³/mol. The van der Waals surface area contributed by atoms with Gasteiger partial charge in [0.25, 0.3) is 5.56 Å². The van der Waals surface area contributed by atoms with Crippen molar-refractivity contribution in [2.24, 2.45) is 0 Å². The zero-order valence-corrected chi connectivity index (χ0v) is 12.9. The quantitative estimate of drug-likeness (QED) is 0.916. The van der Waals surface area contributed by atoms with Crippen LogP contribution in [-0.2, 0) is 6.42 Å². The van der Waals surface area contributed by atoms with E-state index < -0.39 is 0 Å². The second-order valence-corrected chi connectivity index (χ2v) is 5.09. The van der Waals surface area contributed by atoms with Gasteiger partial charge in [0.15, 0.2) is 0 Å². The van der Waals surface area contributed by atoms with Gasteiger partial charge in [-0.2, -0.15) is 5.26 Å². The highest BCUT2D eigenvalue weighted by Crippen LogP contribution is 2.18. The standard InChI is InChI=1S/C18H19N3O/c1-3-5-16-11-17(22)21-18(20-16)15(4-2)10-13-6-8-14(12-19)9-7-13/h6-11H,3-5H2,1-2H3,(H,20,21,22)/b15-10+. The van der Waals surface area contributed by atoms with Crippen LogP contribution in [-0.4, -0.2) is 9.97 Å². The van der Waals surface area contributed by atoms with Gasteiger partial charge >= 0.3 is 0 Å². The van der Waals surface area contributed by atoms with Crippen LogP contribution in [0.4, 0.5) is 0 Å². The van der Waals surface area contributed by atoms with E-state index in [0.29, 0.717) is 11.4 Å². The summed E-state index contributed by atoms with van der Waals surface area (Å²) in [6, 6.07) is 11.0. The second-order valence-electron chi connectivity index (χ2n) is 5.09. The number of allylic oxidation sites excluding steroid dienone is 1. The zero-order valence-electron chi connectivity index (χ0n) is 12.9. The molecular formula is C18H19N3O.